The normalized spacial score (nSPS) is 11.0. The minimum Gasteiger partial charge on any atom is -0.407 e. The van der Waals surface area contributed by atoms with Crippen LogP contribution in [0.1, 0.15) is 5.56 Å². The molecule has 0 radical (unpaired) electrons. The van der Waals surface area contributed by atoms with Crippen LogP contribution >= 0.6 is 34.8 Å². The predicted octanol–water partition coefficient (Wildman–Crippen LogP) is 6.29. The third-order valence-electron chi connectivity index (χ3n) is 3.95. The smallest absolute Gasteiger partial charge is 0.176 e. The van der Waals surface area contributed by atoms with Crippen LogP contribution in [0.15, 0.2) is 66.7 Å². The van der Waals surface area contributed by atoms with Gasteiger partial charge in [-0.05, 0) is 60.2 Å². The summed E-state index contributed by atoms with van der Waals surface area (Å²) in [4.78, 5) is 10.8. The van der Waals surface area contributed by atoms with Crippen LogP contribution in [0.3, 0.4) is 0 Å². The fourth-order valence-corrected chi connectivity index (χ4v) is 3.08. The molecule has 130 valence electrons. The van der Waals surface area contributed by atoms with Gasteiger partial charge in [-0.3, -0.25) is 0 Å². The van der Waals surface area contributed by atoms with Crippen LogP contribution in [-0.2, 0) is 6.61 Å². The minimum absolute atomic E-state index is 0.371. The molecule has 3 nitrogen and oxygen atoms in total. The third-order valence-corrected chi connectivity index (χ3v) is 4.69. The van der Waals surface area contributed by atoms with Crippen LogP contribution in [0.5, 0.6) is 0 Å². The number of hydrogen-bond acceptors (Lipinski definition) is 2. The summed E-state index contributed by atoms with van der Waals surface area (Å²) in [5, 5.41) is 1.98. The van der Waals surface area contributed by atoms with Gasteiger partial charge in [0.1, 0.15) is 12.1 Å². The van der Waals surface area contributed by atoms with Gasteiger partial charge in [0.2, 0.25) is 0 Å². The third kappa shape index (κ3) is 3.51. The summed E-state index contributed by atoms with van der Waals surface area (Å²) in [7, 11) is 0. The summed E-state index contributed by atoms with van der Waals surface area (Å²) >= 11 is 18.1. The fourth-order valence-electron chi connectivity index (χ4n) is 2.66. The van der Waals surface area contributed by atoms with Crippen molar-refractivity contribution in [2.75, 3.05) is 0 Å². The second-order valence-electron chi connectivity index (χ2n) is 5.77. The van der Waals surface area contributed by atoms with Crippen LogP contribution in [0.25, 0.3) is 22.4 Å². The van der Waals surface area contributed by atoms with E-state index in [1.165, 1.54) is 0 Å². The van der Waals surface area contributed by atoms with E-state index < -0.39 is 0 Å². The molecule has 0 unspecified atom stereocenters. The molecule has 4 aromatic rings. The Morgan fingerprint density at radius 1 is 0.769 bits per heavy atom. The second-order valence-corrected chi connectivity index (χ2v) is 7.08. The molecule has 0 amide bonds. The molecule has 0 aliphatic heterocycles. The molecule has 0 fully saturated rings. The summed E-state index contributed by atoms with van der Waals surface area (Å²) in [5.74, 6) is 0.688. The molecule has 0 bridgehead atoms. The summed E-state index contributed by atoms with van der Waals surface area (Å²) < 4.78 is 1.71. The van der Waals surface area contributed by atoms with E-state index in [1.807, 2.05) is 66.7 Å². The van der Waals surface area contributed by atoms with Crippen molar-refractivity contribution in [2.45, 2.75) is 6.61 Å². The van der Waals surface area contributed by atoms with E-state index >= 15 is 0 Å². The summed E-state index contributed by atoms with van der Waals surface area (Å²) in [6.07, 6.45) is 0. The van der Waals surface area contributed by atoms with E-state index in [9.17, 15) is 0 Å². The van der Waals surface area contributed by atoms with Crippen LogP contribution in [0.4, 0.5) is 0 Å². The molecule has 0 aliphatic rings. The van der Waals surface area contributed by atoms with Gasteiger partial charge in [0.25, 0.3) is 0 Å². The van der Waals surface area contributed by atoms with Gasteiger partial charge in [-0.2, -0.15) is 4.73 Å². The lowest BCUT2D eigenvalue weighted by Crippen LogP contribution is -2.12. The average Bonchev–Trinajstić information content (AvgIpc) is 2.99. The van der Waals surface area contributed by atoms with Gasteiger partial charge < -0.3 is 4.84 Å². The molecule has 26 heavy (non-hydrogen) atoms. The molecule has 0 aliphatic carbocycles. The Morgan fingerprint density at radius 3 is 2.08 bits per heavy atom. The Hall–Kier alpha value is -2.20. The largest absolute Gasteiger partial charge is 0.407 e. The van der Waals surface area contributed by atoms with Crippen molar-refractivity contribution < 1.29 is 4.84 Å². The van der Waals surface area contributed by atoms with Crippen molar-refractivity contribution in [2.24, 2.45) is 0 Å². The van der Waals surface area contributed by atoms with Gasteiger partial charge in [-0.15, -0.1) is 0 Å². The Kier molecular flexibility index (Phi) is 4.77. The highest BCUT2D eigenvalue weighted by atomic mass is 35.5. The monoisotopic (exact) mass is 402 g/mol. The predicted molar refractivity (Wildman–Crippen MR) is 107 cm³/mol. The van der Waals surface area contributed by atoms with Crippen LogP contribution in [0.2, 0.25) is 15.1 Å². The molecule has 4 rings (SSSR count). The van der Waals surface area contributed by atoms with Crippen LogP contribution in [-0.4, -0.2) is 9.71 Å². The SMILES string of the molecule is Clc1ccc(COn2c(-c3ccc(Cl)cc3)nc3ccc(Cl)cc32)cc1. The van der Waals surface area contributed by atoms with Crippen molar-refractivity contribution in [3.05, 3.63) is 87.4 Å². The molecule has 0 saturated heterocycles. The Bertz CT molecular complexity index is 1060. The Morgan fingerprint density at radius 2 is 1.38 bits per heavy atom. The number of rotatable bonds is 4. The van der Waals surface area contributed by atoms with Crippen molar-refractivity contribution in [1.29, 1.82) is 0 Å². The van der Waals surface area contributed by atoms with Crippen molar-refractivity contribution in [3.8, 4) is 11.4 Å². The van der Waals surface area contributed by atoms with E-state index in [0.717, 1.165) is 22.2 Å². The number of aromatic nitrogens is 2. The van der Waals surface area contributed by atoms with E-state index in [0.29, 0.717) is 27.5 Å². The van der Waals surface area contributed by atoms with Gasteiger partial charge in [-0.1, -0.05) is 46.9 Å². The van der Waals surface area contributed by atoms with E-state index in [2.05, 4.69) is 0 Å². The minimum atomic E-state index is 0.371. The summed E-state index contributed by atoms with van der Waals surface area (Å²) in [5.41, 5.74) is 3.50. The van der Waals surface area contributed by atoms with E-state index in [-0.39, 0.29) is 0 Å². The second kappa shape index (κ2) is 7.20. The highest BCUT2D eigenvalue weighted by molar-refractivity contribution is 6.31. The summed E-state index contributed by atoms with van der Waals surface area (Å²) in [6.45, 7) is 0.371. The maximum absolute atomic E-state index is 6.17. The van der Waals surface area contributed by atoms with Crippen molar-refractivity contribution in [1.82, 2.24) is 9.71 Å². The zero-order chi connectivity index (χ0) is 18.1. The topological polar surface area (TPSA) is 27.1 Å². The van der Waals surface area contributed by atoms with Crippen LogP contribution in [0, 0.1) is 0 Å². The first-order valence-corrected chi connectivity index (χ1v) is 9.05. The van der Waals surface area contributed by atoms with Crippen molar-refractivity contribution in [3.63, 3.8) is 0 Å². The number of fused-ring (bicyclic) bond motifs is 1. The fraction of sp³-hybridized carbons (Fsp3) is 0.0500. The quantitative estimate of drug-likeness (QED) is 0.400. The lowest BCUT2D eigenvalue weighted by molar-refractivity contribution is 0.110. The molecule has 1 heterocycles. The first-order chi connectivity index (χ1) is 12.6. The Balaban J connectivity index is 1.76. The molecule has 0 spiro atoms. The number of halogens is 3. The lowest BCUT2D eigenvalue weighted by Gasteiger charge is -2.11. The van der Waals surface area contributed by atoms with Gasteiger partial charge in [0.05, 0.1) is 5.52 Å². The summed E-state index contributed by atoms with van der Waals surface area (Å²) in [6, 6.07) is 20.5. The van der Waals surface area contributed by atoms with Gasteiger partial charge in [0.15, 0.2) is 5.82 Å². The molecular weight excluding hydrogens is 391 g/mol. The number of imidazole rings is 1. The maximum atomic E-state index is 6.17. The molecular formula is C20H13Cl3N2O. The zero-order valence-corrected chi connectivity index (χ0v) is 15.8. The molecule has 1 aromatic heterocycles. The van der Waals surface area contributed by atoms with Gasteiger partial charge in [0, 0.05) is 20.6 Å². The number of nitrogens with zero attached hydrogens (tertiary/aromatic N) is 2. The van der Waals surface area contributed by atoms with Gasteiger partial charge >= 0.3 is 0 Å². The first kappa shape index (κ1) is 17.2. The number of benzene rings is 3. The first-order valence-electron chi connectivity index (χ1n) is 7.92. The maximum Gasteiger partial charge on any atom is 0.176 e. The van der Waals surface area contributed by atoms with Gasteiger partial charge in [-0.25, -0.2) is 4.98 Å². The van der Waals surface area contributed by atoms with Crippen LogP contribution < -0.4 is 4.84 Å². The zero-order valence-electron chi connectivity index (χ0n) is 13.5. The molecule has 0 atom stereocenters. The highest BCUT2D eigenvalue weighted by Gasteiger charge is 2.14. The Labute approximate surface area is 165 Å². The van der Waals surface area contributed by atoms with Crippen molar-refractivity contribution >= 4 is 45.8 Å². The molecule has 6 heteroatoms. The number of hydrogen-bond donors (Lipinski definition) is 0. The van der Waals surface area contributed by atoms with E-state index in [1.54, 1.807) is 4.73 Å². The molecule has 0 N–H and O–H groups in total. The highest BCUT2D eigenvalue weighted by Crippen LogP contribution is 2.27. The molecule has 3 aromatic carbocycles. The standard InChI is InChI=1S/C20H13Cl3N2O/c21-15-5-1-13(2-6-15)12-26-25-19-11-17(23)9-10-18(19)24-20(25)14-3-7-16(22)8-4-14/h1-11H,12H2. The molecule has 0 saturated carbocycles. The van der Waals surface area contributed by atoms with E-state index in [4.69, 9.17) is 44.6 Å². The average molecular weight is 404 g/mol. The lowest BCUT2D eigenvalue weighted by atomic mass is 10.2.